The summed E-state index contributed by atoms with van der Waals surface area (Å²) in [5, 5.41) is 8.31. The number of nitrogens with one attached hydrogen (secondary N) is 1. The van der Waals surface area contributed by atoms with Crippen molar-refractivity contribution >= 4 is 23.2 Å². The molecular weight excluding hydrogens is 271 g/mol. The van der Waals surface area contributed by atoms with Gasteiger partial charge in [-0.1, -0.05) is 35.3 Å². The lowest BCUT2D eigenvalue weighted by Crippen LogP contribution is -2.13. The van der Waals surface area contributed by atoms with Gasteiger partial charge in [0.05, 0.1) is 15.7 Å². The molecular formula is C13H14Cl2N2O. The molecule has 1 aromatic carbocycles. The maximum absolute atomic E-state index is 5.97. The molecule has 0 amide bonds. The molecule has 18 heavy (non-hydrogen) atoms. The zero-order valence-electron chi connectivity index (χ0n) is 10.0. The van der Waals surface area contributed by atoms with Crippen LogP contribution in [0, 0.1) is 0 Å². The number of hydrogen-bond acceptors (Lipinski definition) is 3. The fraction of sp³-hybridized carbons (Fsp3) is 0.308. The summed E-state index contributed by atoms with van der Waals surface area (Å²) in [7, 11) is 0. The predicted molar refractivity (Wildman–Crippen MR) is 74.0 cm³/mol. The van der Waals surface area contributed by atoms with E-state index in [9.17, 15) is 0 Å². The Hall–Kier alpha value is -1.03. The Morgan fingerprint density at radius 1 is 1.22 bits per heavy atom. The molecule has 2 aromatic rings. The van der Waals surface area contributed by atoms with Crippen molar-refractivity contribution in [3.8, 4) is 11.3 Å². The van der Waals surface area contributed by atoms with Crippen LogP contribution in [0.5, 0.6) is 0 Å². The van der Waals surface area contributed by atoms with Gasteiger partial charge in [-0.05, 0) is 31.2 Å². The molecule has 0 saturated carbocycles. The van der Waals surface area contributed by atoms with Crippen LogP contribution in [0.3, 0.4) is 0 Å². The highest BCUT2D eigenvalue weighted by atomic mass is 35.5. The molecule has 0 bridgehead atoms. The van der Waals surface area contributed by atoms with Crippen molar-refractivity contribution in [2.75, 3.05) is 6.54 Å². The van der Waals surface area contributed by atoms with Crippen molar-refractivity contribution in [1.29, 1.82) is 0 Å². The van der Waals surface area contributed by atoms with E-state index >= 15 is 0 Å². The summed E-state index contributed by atoms with van der Waals surface area (Å²) in [6.07, 6.45) is 1.09. The zero-order valence-corrected chi connectivity index (χ0v) is 11.6. The van der Waals surface area contributed by atoms with E-state index < -0.39 is 0 Å². The van der Waals surface area contributed by atoms with Gasteiger partial charge in [0.15, 0.2) is 5.76 Å². The first kappa shape index (κ1) is 13.4. The summed E-state index contributed by atoms with van der Waals surface area (Å²) >= 11 is 11.8. The molecule has 0 aliphatic carbocycles. The maximum Gasteiger partial charge on any atom is 0.167 e. The van der Waals surface area contributed by atoms with Crippen molar-refractivity contribution in [3.05, 3.63) is 40.0 Å². The van der Waals surface area contributed by atoms with Gasteiger partial charge in [0.2, 0.25) is 0 Å². The molecule has 3 nitrogen and oxygen atoms in total. The number of aromatic nitrogens is 1. The number of hydrogen-bond donors (Lipinski definition) is 1. The summed E-state index contributed by atoms with van der Waals surface area (Å²) in [6.45, 7) is 3.80. The molecule has 1 N–H and O–H groups in total. The summed E-state index contributed by atoms with van der Waals surface area (Å²) in [5.41, 5.74) is 1.75. The van der Waals surface area contributed by atoms with Gasteiger partial charge in [-0.15, -0.1) is 0 Å². The van der Waals surface area contributed by atoms with Crippen LogP contribution < -0.4 is 5.32 Å². The standard InChI is InChI=1S/C13H14Cl2N2O/c1-2-5-16-8-10-7-13(18-17-10)9-3-4-11(14)12(15)6-9/h3-4,6-7,16H,2,5,8H2,1H3. The third-order valence-corrected chi connectivity index (χ3v) is 3.23. The average molecular weight is 285 g/mol. The van der Waals surface area contributed by atoms with Gasteiger partial charge < -0.3 is 9.84 Å². The molecule has 2 rings (SSSR count). The van der Waals surface area contributed by atoms with Crippen LogP contribution in [0.2, 0.25) is 10.0 Å². The molecule has 0 aliphatic heterocycles. The quantitative estimate of drug-likeness (QED) is 0.839. The summed E-state index contributed by atoms with van der Waals surface area (Å²) in [6, 6.07) is 7.28. The Morgan fingerprint density at radius 3 is 2.78 bits per heavy atom. The van der Waals surface area contributed by atoms with E-state index in [0.717, 1.165) is 24.2 Å². The van der Waals surface area contributed by atoms with Crippen molar-refractivity contribution in [1.82, 2.24) is 10.5 Å². The molecule has 0 radical (unpaired) electrons. The molecule has 1 heterocycles. The van der Waals surface area contributed by atoms with Crippen molar-refractivity contribution < 1.29 is 4.52 Å². The summed E-state index contributed by atoms with van der Waals surface area (Å²) < 4.78 is 5.28. The normalized spacial score (nSPS) is 10.8. The molecule has 96 valence electrons. The van der Waals surface area contributed by atoms with Gasteiger partial charge in [0, 0.05) is 18.2 Å². The number of halogens is 2. The van der Waals surface area contributed by atoms with Gasteiger partial charge >= 0.3 is 0 Å². The molecule has 0 aliphatic rings. The summed E-state index contributed by atoms with van der Waals surface area (Å²) in [4.78, 5) is 0. The van der Waals surface area contributed by atoms with Crippen LogP contribution in [0.15, 0.2) is 28.8 Å². The third kappa shape index (κ3) is 3.25. The van der Waals surface area contributed by atoms with Crippen molar-refractivity contribution in [2.45, 2.75) is 19.9 Å². The van der Waals surface area contributed by atoms with E-state index in [4.69, 9.17) is 27.7 Å². The molecule has 0 fully saturated rings. The largest absolute Gasteiger partial charge is 0.356 e. The maximum atomic E-state index is 5.97. The first-order chi connectivity index (χ1) is 8.70. The van der Waals surface area contributed by atoms with Crippen LogP contribution in [-0.2, 0) is 6.54 Å². The molecule has 0 saturated heterocycles. The van der Waals surface area contributed by atoms with Gasteiger partial charge in [-0.25, -0.2) is 0 Å². The highest BCUT2D eigenvalue weighted by Gasteiger charge is 2.08. The van der Waals surface area contributed by atoms with Crippen LogP contribution in [0.1, 0.15) is 19.0 Å². The first-order valence-electron chi connectivity index (χ1n) is 5.82. The SMILES string of the molecule is CCCNCc1cc(-c2ccc(Cl)c(Cl)c2)on1. The highest BCUT2D eigenvalue weighted by molar-refractivity contribution is 6.42. The van der Waals surface area contributed by atoms with Gasteiger partial charge in [-0.2, -0.15) is 0 Å². The first-order valence-corrected chi connectivity index (χ1v) is 6.58. The van der Waals surface area contributed by atoms with Crippen LogP contribution >= 0.6 is 23.2 Å². The Kier molecular flexibility index (Phi) is 4.64. The fourth-order valence-electron chi connectivity index (χ4n) is 1.57. The Bertz CT molecular complexity index is 525. The fourth-order valence-corrected chi connectivity index (χ4v) is 1.87. The van der Waals surface area contributed by atoms with Crippen molar-refractivity contribution in [3.63, 3.8) is 0 Å². The highest BCUT2D eigenvalue weighted by Crippen LogP contribution is 2.28. The van der Waals surface area contributed by atoms with Crippen molar-refractivity contribution in [2.24, 2.45) is 0 Å². The van der Waals surface area contributed by atoms with E-state index in [1.165, 1.54) is 0 Å². The minimum atomic E-state index is 0.510. The molecule has 1 aromatic heterocycles. The lowest BCUT2D eigenvalue weighted by atomic mass is 10.1. The number of benzene rings is 1. The lowest BCUT2D eigenvalue weighted by molar-refractivity contribution is 0.420. The molecule has 5 heteroatoms. The van der Waals surface area contributed by atoms with Gasteiger partial charge in [-0.3, -0.25) is 0 Å². The Balaban J connectivity index is 2.11. The summed E-state index contributed by atoms with van der Waals surface area (Å²) in [5.74, 6) is 0.696. The minimum absolute atomic E-state index is 0.510. The number of nitrogens with zero attached hydrogens (tertiary/aromatic N) is 1. The Morgan fingerprint density at radius 2 is 2.06 bits per heavy atom. The van der Waals surface area contributed by atoms with E-state index in [-0.39, 0.29) is 0 Å². The van der Waals surface area contributed by atoms with Crippen LogP contribution in [0.25, 0.3) is 11.3 Å². The second-order valence-electron chi connectivity index (χ2n) is 3.99. The third-order valence-electron chi connectivity index (χ3n) is 2.50. The zero-order chi connectivity index (χ0) is 13.0. The van der Waals surface area contributed by atoms with E-state index in [1.54, 1.807) is 12.1 Å². The number of rotatable bonds is 5. The van der Waals surface area contributed by atoms with Crippen LogP contribution in [0.4, 0.5) is 0 Å². The Labute approximate surface area is 116 Å². The smallest absolute Gasteiger partial charge is 0.167 e. The lowest BCUT2D eigenvalue weighted by Gasteiger charge is -1.98. The molecule has 0 atom stereocenters. The minimum Gasteiger partial charge on any atom is -0.356 e. The monoisotopic (exact) mass is 284 g/mol. The van der Waals surface area contributed by atoms with Gasteiger partial charge in [0.1, 0.15) is 0 Å². The molecule has 0 spiro atoms. The average Bonchev–Trinajstić information content (AvgIpc) is 2.82. The topological polar surface area (TPSA) is 38.1 Å². The second-order valence-corrected chi connectivity index (χ2v) is 4.80. The van der Waals surface area contributed by atoms with E-state index in [2.05, 4.69) is 17.4 Å². The van der Waals surface area contributed by atoms with Crippen LogP contribution in [-0.4, -0.2) is 11.7 Å². The second kappa shape index (κ2) is 6.23. The molecule has 0 unspecified atom stereocenters. The van der Waals surface area contributed by atoms with E-state index in [0.29, 0.717) is 22.4 Å². The van der Waals surface area contributed by atoms with E-state index in [1.807, 2.05) is 12.1 Å². The predicted octanol–water partition coefficient (Wildman–Crippen LogP) is 4.15. The van der Waals surface area contributed by atoms with Gasteiger partial charge in [0.25, 0.3) is 0 Å².